The topological polar surface area (TPSA) is 37.3 Å². The molecule has 5 rings (SSSR count). The molecule has 0 aromatic heterocycles. The SMILES string of the molecule is CC(=O)[C@H]1CC[C@H]2[C@@H]3CC[C@@H]4C[C@](O)(Cc5ccccc5)CC[C@]4(C)[C@H]3CC[C@]12C. The van der Waals surface area contributed by atoms with Crippen LogP contribution < -0.4 is 0 Å². The quantitative estimate of drug-likeness (QED) is 0.646. The summed E-state index contributed by atoms with van der Waals surface area (Å²) in [5, 5.41) is 11.5. The molecule has 1 aromatic carbocycles. The zero-order valence-corrected chi connectivity index (χ0v) is 19.2. The molecule has 30 heavy (non-hydrogen) atoms. The van der Waals surface area contributed by atoms with Crippen LogP contribution in [0.3, 0.4) is 0 Å². The van der Waals surface area contributed by atoms with Gasteiger partial charge in [-0.15, -0.1) is 0 Å². The normalized spacial score (nSPS) is 47.8. The second-order valence-corrected chi connectivity index (χ2v) is 12.0. The van der Waals surface area contributed by atoms with E-state index in [9.17, 15) is 9.90 Å². The van der Waals surface area contributed by atoms with Crippen molar-refractivity contribution >= 4 is 5.78 Å². The number of hydrogen-bond donors (Lipinski definition) is 1. The van der Waals surface area contributed by atoms with Gasteiger partial charge in [-0.25, -0.2) is 0 Å². The van der Waals surface area contributed by atoms with Crippen molar-refractivity contribution in [3.8, 4) is 0 Å². The zero-order chi connectivity index (χ0) is 21.1. The van der Waals surface area contributed by atoms with Crippen molar-refractivity contribution in [2.24, 2.45) is 40.4 Å². The second-order valence-electron chi connectivity index (χ2n) is 12.0. The zero-order valence-electron chi connectivity index (χ0n) is 19.2. The highest BCUT2D eigenvalue weighted by Gasteiger charge is 2.61. The average Bonchev–Trinajstić information content (AvgIpc) is 3.07. The van der Waals surface area contributed by atoms with Gasteiger partial charge < -0.3 is 5.11 Å². The summed E-state index contributed by atoms with van der Waals surface area (Å²) in [6.45, 7) is 6.84. The number of carbonyl (C=O) groups excluding carboxylic acids is 1. The fraction of sp³-hybridized carbons (Fsp3) is 0.750. The van der Waals surface area contributed by atoms with Crippen molar-refractivity contribution in [1.82, 2.24) is 0 Å². The molecule has 8 atom stereocenters. The molecule has 1 N–H and O–H groups in total. The third-order valence-electron chi connectivity index (χ3n) is 10.7. The highest BCUT2D eigenvalue weighted by molar-refractivity contribution is 5.79. The van der Waals surface area contributed by atoms with E-state index in [4.69, 9.17) is 0 Å². The molecule has 1 aromatic rings. The average molecular weight is 409 g/mol. The van der Waals surface area contributed by atoms with E-state index in [1.807, 2.05) is 6.92 Å². The van der Waals surface area contributed by atoms with Crippen molar-refractivity contribution < 1.29 is 9.90 Å². The van der Waals surface area contributed by atoms with Crippen LogP contribution in [0, 0.1) is 40.4 Å². The van der Waals surface area contributed by atoms with Gasteiger partial charge >= 0.3 is 0 Å². The van der Waals surface area contributed by atoms with Crippen molar-refractivity contribution in [3.05, 3.63) is 35.9 Å². The Labute approximate surface area is 182 Å². The summed E-state index contributed by atoms with van der Waals surface area (Å²) in [5.74, 6) is 3.72. The minimum Gasteiger partial charge on any atom is -0.390 e. The molecule has 0 saturated heterocycles. The minimum atomic E-state index is -0.533. The first kappa shape index (κ1) is 20.7. The number of ketones is 1. The molecular weight excluding hydrogens is 368 g/mol. The summed E-state index contributed by atoms with van der Waals surface area (Å²) >= 11 is 0. The molecule has 164 valence electrons. The maximum atomic E-state index is 12.4. The number of aliphatic hydroxyl groups is 1. The van der Waals surface area contributed by atoms with Crippen LogP contribution in [0.25, 0.3) is 0 Å². The first-order valence-corrected chi connectivity index (χ1v) is 12.5. The molecule has 0 spiro atoms. The Morgan fingerprint density at radius 1 is 0.933 bits per heavy atom. The lowest BCUT2D eigenvalue weighted by Gasteiger charge is -2.62. The smallest absolute Gasteiger partial charge is 0.133 e. The Balaban J connectivity index is 1.35. The van der Waals surface area contributed by atoms with Gasteiger partial charge in [-0.1, -0.05) is 44.2 Å². The molecule has 4 saturated carbocycles. The van der Waals surface area contributed by atoms with Crippen LogP contribution >= 0.6 is 0 Å². The lowest BCUT2D eigenvalue weighted by atomic mass is 9.43. The Hall–Kier alpha value is -1.15. The van der Waals surface area contributed by atoms with Crippen LogP contribution in [0.4, 0.5) is 0 Å². The molecular formula is C28H40O2. The number of fused-ring (bicyclic) bond motifs is 5. The molecule has 2 heteroatoms. The van der Waals surface area contributed by atoms with Crippen molar-refractivity contribution in [2.75, 3.05) is 0 Å². The van der Waals surface area contributed by atoms with Crippen LogP contribution in [0.1, 0.15) is 84.1 Å². The van der Waals surface area contributed by atoms with Crippen molar-refractivity contribution in [2.45, 2.75) is 90.6 Å². The molecule has 0 bridgehead atoms. The van der Waals surface area contributed by atoms with Gasteiger partial charge in [0, 0.05) is 12.3 Å². The van der Waals surface area contributed by atoms with Crippen LogP contribution in [-0.4, -0.2) is 16.5 Å². The van der Waals surface area contributed by atoms with E-state index in [-0.39, 0.29) is 5.41 Å². The monoisotopic (exact) mass is 408 g/mol. The van der Waals surface area contributed by atoms with Gasteiger partial charge in [0.25, 0.3) is 0 Å². The predicted molar refractivity (Wildman–Crippen MR) is 121 cm³/mol. The molecule has 4 fully saturated rings. The van der Waals surface area contributed by atoms with Crippen molar-refractivity contribution in [1.29, 1.82) is 0 Å². The number of carbonyl (C=O) groups is 1. The molecule has 4 aliphatic carbocycles. The highest BCUT2D eigenvalue weighted by Crippen LogP contribution is 2.68. The van der Waals surface area contributed by atoms with Crippen LogP contribution in [-0.2, 0) is 11.2 Å². The van der Waals surface area contributed by atoms with E-state index in [1.54, 1.807) is 0 Å². The van der Waals surface area contributed by atoms with Gasteiger partial charge in [-0.3, -0.25) is 4.79 Å². The lowest BCUT2D eigenvalue weighted by molar-refractivity contribution is -0.153. The summed E-state index contributed by atoms with van der Waals surface area (Å²) < 4.78 is 0. The van der Waals surface area contributed by atoms with E-state index in [0.717, 1.165) is 43.4 Å². The third kappa shape index (κ3) is 3.12. The second kappa shape index (κ2) is 7.19. The Morgan fingerprint density at radius 2 is 1.67 bits per heavy atom. The van der Waals surface area contributed by atoms with Crippen LogP contribution in [0.2, 0.25) is 0 Å². The fourth-order valence-electron chi connectivity index (χ4n) is 9.13. The van der Waals surface area contributed by atoms with Gasteiger partial charge in [-0.2, -0.15) is 0 Å². The summed E-state index contributed by atoms with van der Waals surface area (Å²) in [6.07, 6.45) is 11.4. The Bertz CT molecular complexity index is 802. The van der Waals surface area contributed by atoms with Crippen molar-refractivity contribution in [3.63, 3.8) is 0 Å². The summed E-state index contributed by atoms with van der Waals surface area (Å²) in [7, 11) is 0. The molecule has 0 heterocycles. The van der Waals surface area contributed by atoms with Gasteiger partial charge in [0.2, 0.25) is 0 Å². The maximum Gasteiger partial charge on any atom is 0.133 e. The van der Waals surface area contributed by atoms with E-state index in [2.05, 4.69) is 44.2 Å². The van der Waals surface area contributed by atoms with E-state index < -0.39 is 5.60 Å². The molecule has 2 nitrogen and oxygen atoms in total. The number of rotatable bonds is 3. The van der Waals surface area contributed by atoms with E-state index in [0.29, 0.717) is 23.0 Å². The number of benzene rings is 1. The predicted octanol–water partition coefficient (Wildman–Crippen LogP) is 6.21. The van der Waals surface area contributed by atoms with Gasteiger partial charge in [0.1, 0.15) is 5.78 Å². The first-order chi connectivity index (χ1) is 14.3. The largest absolute Gasteiger partial charge is 0.390 e. The number of Topliss-reactive ketones (excluding diaryl/α,β-unsaturated/α-hetero) is 1. The first-order valence-electron chi connectivity index (χ1n) is 12.5. The highest BCUT2D eigenvalue weighted by atomic mass is 16.3. The van der Waals surface area contributed by atoms with Gasteiger partial charge in [-0.05, 0) is 105 Å². The molecule has 0 aliphatic heterocycles. The van der Waals surface area contributed by atoms with Gasteiger partial charge in [0.15, 0.2) is 0 Å². The Kier molecular flexibility index (Phi) is 4.97. The molecule has 0 radical (unpaired) electrons. The molecule has 4 aliphatic rings. The van der Waals surface area contributed by atoms with E-state index >= 15 is 0 Å². The molecule has 0 amide bonds. The van der Waals surface area contributed by atoms with Gasteiger partial charge in [0.05, 0.1) is 5.60 Å². The summed E-state index contributed by atoms with van der Waals surface area (Å²) in [4.78, 5) is 12.4. The Morgan fingerprint density at radius 3 is 2.40 bits per heavy atom. The minimum absolute atomic E-state index is 0.249. The van der Waals surface area contributed by atoms with Crippen LogP contribution in [0.15, 0.2) is 30.3 Å². The van der Waals surface area contributed by atoms with E-state index in [1.165, 1.54) is 44.1 Å². The summed E-state index contributed by atoms with van der Waals surface area (Å²) in [5.41, 5.74) is 1.36. The maximum absolute atomic E-state index is 12.4. The standard InChI is InChI=1S/C28H40O2/c1-19(29)23-11-12-24-22-10-9-21-18-28(30,17-20-7-5-4-6-8-20)16-15-26(21,2)25(22)13-14-27(23,24)3/h4-8,21-25,30H,9-18H2,1-3H3/t21-,22+,23-,24+,25+,26+,27-,28-/m1/s1. The fourth-order valence-corrected chi connectivity index (χ4v) is 9.13. The lowest BCUT2D eigenvalue weighted by Crippen LogP contribution is -2.56. The molecule has 0 unspecified atom stereocenters. The van der Waals surface area contributed by atoms with Crippen LogP contribution in [0.5, 0.6) is 0 Å². The number of hydrogen-bond acceptors (Lipinski definition) is 2. The third-order valence-corrected chi connectivity index (χ3v) is 10.7. The summed E-state index contributed by atoms with van der Waals surface area (Å²) in [6, 6.07) is 10.6.